The standard InChI is InChI=1S/C13H17FN2O3S/c1-8-7-9(3-4-10(8)14)15-13(19)16-11(12(17)18)5-6-20-2/h3-4,7,11H,5-6H2,1-2H3,(H,17,18)(H2,15,16,19)/t11-/m1/s1. The van der Waals surface area contributed by atoms with E-state index in [0.717, 1.165) is 0 Å². The highest BCUT2D eigenvalue weighted by Gasteiger charge is 2.19. The van der Waals surface area contributed by atoms with E-state index in [0.29, 0.717) is 23.4 Å². The number of carboxylic acids is 1. The van der Waals surface area contributed by atoms with Gasteiger partial charge in [0.1, 0.15) is 11.9 Å². The van der Waals surface area contributed by atoms with Crippen LogP contribution in [0.25, 0.3) is 0 Å². The van der Waals surface area contributed by atoms with Crippen LogP contribution < -0.4 is 10.6 Å². The van der Waals surface area contributed by atoms with Gasteiger partial charge in [0.15, 0.2) is 0 Å². The number of thioether (sulfide) groups is 1. The summed E-state index contributed by atoms with van der Waals surface area (Å²) in [5.41, 5.74) is 0.815. The molecule has 2 amide bonds. The van der Waals surface area contributed by atoms with E-state index in [1.165, 1.54) is 30.0 Å². The van der Waals surface area contributed by atoms with Crippen LogP contribution in [0.15, 0.2) is 18.2 Å². The molecule has 3 N–H and O–H groups in total. The highest BCUT2D eigenvalue weighted by atomic mass is 32.2. The number of aliphatic carboxylic acids is 1. The van der Waals surface area contributed by atoms with E-state index >= 15 is 0 Å². The smallest absolute Gasteiger partial charge is 0.326 e. The van der Waals surface area contributed by atoms with E-state index in [2.05, 4.69) is 10.6 Å². The van der Waals surface area contributed by atoms with Gasteiger partial charge in [0.25, 0.3) is 0 Å². The monoisotopic (exact) mass is 300 g/mol. The fraction of sp³-hybridized carbons (Fsp3) is 0.385. The van der Waals surface area contributed by atoms with E-state index in [1.807, 2.05) is 6.26 Å². The number of halogens is 1. The van der Waals surface area contributed by atoms with Gasteiger partial charge in [0.05, 0.1) is 0 Å². The van der Waals surface area contributed by atoms with Crippen molar-refractivity contribution in [1.82, 2.24) is 5.32 Å². The molecule has 1 atom stereocenters. The zero-order chi connectivity index (χ0) is 15.1. The van der Waals surface area contributed by atoms with Crippen molar-refractivity contribution in [2.45, 2.75) is 19.4 Å². The normalized spacial score (nSPS) is 11.8. The number of carboxylic acid groups (broad SMARTS) is 1. The fourth-order valence-electron chi connectivity index (χ4n) is 1.54. The molecule has 0 aliphatic heterocycles. The van der Waals surface area contributed by atoms with Crippen molar-refractivity contribution in [3.05, 3.63) is 29.6 Å². The number of urea groups is 1. The SMILES string of the molecule is CSCC[C@@H](NC(=O)Nc1ccc(F)c(C)c1)C(=O)O. The summed E-state index contributed by atoms with van der Waals surface area (Å²) in [6, 6.07) is 2.58. The third-order valence-electron chi connectivity index (χ3n) is 2.63. The Morgan fingerprint density at radius 3 is 2.70 bits per heavy atom. The summed E-state index contributed by atoms with van der Waals surface area (Å²) in [5, 5.41) is 13.9. The van der Waals surface area contributed by atoms with Crippen molar-refractivity contribution in [2.24, 2.45) is 0 Å². The Bertz CT molecular complexity index is 497. The van der Waals surface area contributed by atoms with E-state index in [-0.39, 0.29) is 5.82 Å². The van der Waals surface area contributed by atoms with Crippen LogP contribution >= 0.6 is 11.8 Å². The number of hydrogen-bond donors (Lipinski definition) is 3. The summed E-state index contributed by atoms with van der Waals surface area (Å²) in [6.07, 6.45) is 2.20. The molecule has 0 saturated heterocycles. The number of carbonyl (C=O) groups is 2. The predicted molar refractivity (Wildman–Crippen MR) is 77.7 cm³/mol. The molecule has 0 aliphatic carbocycles. The second kappa shape index (κ2) is 7.74. The first-order valence-corrected chi connectivity index (χ1v) is 7.39. The van der Waals surface area contributed by atoms with Gasteiger partial charge in [-0.15, -0.1) is 0 Å². The van der Waals surface area contributed by atoms with Crippen LogP contribution in [0.3, 0.4) is 0 Å². The summed E-state index contributed by atoms with van der Waals surface area (Å²) in [5.74, 6) is -0.809. The maximum atomic E-state index is 13.1. The quantitative estimate of drug-likeness (QED) is 0.754. The van der Waals surface area contributed by atoms with Crippen molar-refractivity contribution in [2.75, 3.05) is 17.3 Å². The molecule has 1 aromatic carbocycles. The molecular weight excluding hydrogens is 283 g/mol. The minimum absolute atomic E-state index is 0.340. The van der Waals surface area contributed by atoms with Crippen LogP contribution in [0.1, 0.15) is 12.0 Å². The zero-order valence-electron chi connectivity index (χ0n) is 11.3. The number of aryl methyl sites for hydroxylation is 1. The van der Waals surface area contributed by atoms with E-state index in [9.17, 15) is 14.0 Å². The van der Waals surface area contributed by atoms with Crippen LogP contribution in [-0.4, -0.2) is 35.2 Å². The van der Waals surface area contributed by atoms with E-state index in [1.54, 1.807) is 6.92 Å². The third-order valence-corrected chi connectivity index (χ3v) is 3.27. The van der Waals surface area contributed by atoms with Crippen molar-refractivity contribution in [3.63, 3.8) is 0 Å². The van der Waals surface area contributed by atoms with Gasteiger partial charge in [-0.3, -0.25) is 0 Å². The lowest BCUT2D eigenvalue weighted by Crippen LogP contribution is -2.43. The maximum absolute atomic E-state index is 13.1. The topological polar surface area (TPSA) is 78.4 Å². The Labute approximate surface area is 120 Å². The number of rotatable bonds is 6. The number of nitrogens with one attached hydrogen (secondary N) is 2. The van der Waals surface area contributed by atoms with Gasteiger partial charge in [0.2, 0.25) is 0 Å². The average molecular weight is 300 g/mol. The van der Waals surface area contributed by atoms with Crippen LogP contribution in [0.5, 0.6) is 0 Å². The van der Waals surface area contributed by atoms with Gasteiger partial charge in [0, 0.05) is 5.69 Å². The number of carbonyl (C=O) groups excluding carboxylic acids is 1. The molecule has 0 aromatic heterocycles. The number of amides is 2. The first-order chi connectivity index (χ1) is 9.43. The maximum Gasteiger partial charge on any atom is 0.326 e. The molecule has 0 aliphatic rings. The van der Waals surface area contributed by atoms with Crippen molar-refractivity contribution in [1.29, 1.82) is 0 Å². The number of hydrogen-bond acceptors (Lipinski definition) is 3. The van der Waals surface area contributed by atoms with Crippen molar-refractivity contribution < 1.29 is 19.1 Å². The van der Waals surface area contributed by atoms with Crippen LogP contribution in [0.4, 0.5) is 14.9 Å². The highest BCUT2D eigenvalue weighted by molar-refractivity contribution is 7.98. The summed E-state index contributed by atoms with van der Waals surface area (Å²) in [4.78, 5) is 22.7. The molecule has 20 heavy (non-hydrogen) atoms. The number of benzene rings is 1. The molecule has 7 heteroatoms. The average Bonchev–Trinajstić information content (AvgIpc) is 2.38. The van der Waals surface area contributed by atoms with E-state index < -0.39 is 18.0 Å². The predicted octanol–water partition coefficient (Wildman–Crippen LogP) is 2.46. The molecule has 5 nitrogen and oxygen atoms in total. The highest BCUT2D eigenvalue weighted by Crippen LogP contribution is 2.13. The second-order valence-electron chi connectivity index (χ2n) is 4.23. The molecule has 0 unspecified atom stereocenters. The Morgan fingerprint density at radius 1 is 1.45 bits per heavy atom. The number of anilines is 1. The molecular formula is C13H17FN2O3S. The minimum atomic E-state index is -1.08. The fourth-order valence-corrected chi connectivity index (χ4v) is 2.01. The van der Waals surface area contributed by atoms with Gasteiger partial charge in [-0.05, 0) is 49.1 Å². The summed E-state index contributed by atoms with van der Waals surface area (Å²) < 4.78 is 13.1. The summed E-state index contributed by atoms with van der Waals surface area (Å²) in [7, 11) is 0. The molecule has 0 spiro atoms. The molecule has 0 heterocycles. The van der Waals surface area contributed by atoms with Crippen LogP contribution in [0.2, 0.25) is 0 Å². The molecule has 0 fully saturated rings. The Kier molecular flexibility index (Phi) is 6.30. The Balaban J connectivity index is 2.60. The molecule has 110 valence electrons. The van der Waals surface area contributed by atoms with Gasteiger partial charge < -0.3 is 15.7 Å². The van der Waals surface area contributed by atoms with Gasteiger partial charge in [-0.25, -0.2) is 14.0 Å². The lowest BCUT2D eigenvalue weighted by atomic mass is 10.2. The first-order valence-electron chi connectivity index (χ1n) is 5.99. The van der Waals surface area contributed by atoms with Crippen LogP contribution in [0, 0.1) is 12.7 Å². The molecule has 0 saturated carbocycles. The first kappa shape index (κ1) is 16.3. The van der Waals surface area contributed by atoms with Crippen molar-refractivity contribution >= 4 is 29.4 Å². The minimum Gasteiger partial charge on any atom is -0.480 e. The van der Waals surface area contributed by atoms with Crippen LogP contribution in [-0.2, 0) is 4.79 Å². The molecule has 1 aromatic rings. The van der Waals surface area contributed by atoms with Gasteiger partial charge in [-0.1, -0.05) is 0 Å². The van der Waals surface area contributed by atoms with Gasteiger partial charge >= 0.3 is 12.0 Å². The second-order valence-corrected chi connectivity index (χ2v) is 5.22. The largest absolute Gasteiger partial charge is 0.480 e. The van der Waals surface area contributed by atoms with Gasteiger partial charge in [-0.2, -0.15) is 11.8 Å². The Hall–Kier alpha value is -1.76. The lowest BCUT2D eigenvalue weighted by molar-refractivity contribution is -0.139. The van der Waals surface area contributed by atoms with Crippen molar-refractivity contribution in [3.8, 4) is 0 Å². The molecule has 0 radical (unpaired) electrons. The molecule has 0 bridgehead atoms. The third kappa shape index (κ3) is 5.08. The zero-order valence-corrected chi connectivity index (χ0v) is 12.1. The summed E-state index contributed by atoms with van der Waals surface area (Å²) >= 11 is 1.51. The lowest BCUT2D eigenvalue weighted by Gasteiger charge is -2.15. The molecule has 1 rings (SSSR count). The van der Waals surface area contributed by atoms with E-state index in [4.69, 9.17) is 5.11 Å². The Morgan fingerprint density at radius 2 is 2.15 bits per heavy atom. The summed E-state index contributed by atoms with van der Waals surface area (Å²) in [6.45, 7) is 1.58.